The van der Waals surface area contributed by atoms with Crippen LogP contribution in [0.1, 0.15) is 27.2 Å². The average molecular weight is 290 g/mol. The van der Waals surface area contributed by atoms with Gasteiger partial charge in [0.25, 0.3) is 0 Å². The van der Waals surface area contributed by atoms with Gasteiger partial charge >= 0.3 is 0 Å². The molecule has 22 heavy (non-hydrogen) atoms. The molecule has 0 atom stereocenters. The van der Waals surface area contributed by atoms with E-state index in [4.69, 9.17) is 4.42 Å². The number of hydrogen-bond donors (Lipinski definition) is 0. The van der Waals surface area contributed by atoms with Crippen LogP contribution in [0.3, 0.4) is 0 Å². The fourth-order valence-corrected chi connectivity index (χ4v) is 2.66. The van der Waals surface area contributed by atoms with E-state index in [2.05, 4.69) is 69.8 Å². The van der Waals surface area contributed by atoms with Gasteiger partial charge in [-0.3, -0.25) is 0 Å². The first-order chi connectivity index (χ1) is 10.5. The molecule has 0 fully saturated rings. The maximum Gasteiger partial charge on any atom is 0.136 e. The second kappa shape index (κ2) is 5.49. The molecule has 0 radical (unpaired) electrons. The van der Waals surface area contributed by atoms with Crippen molar-refractivity contribution in [2.75, 3.05) is 0 Å². The molecule has 0 spiro atoms. The molecule has 1 heteroatoms. The summed E-state index contributed by atoms with van der Waals surface area (Å²) < 4.78 is 6.12. The zero-order valence-electron chi connectivity index (χ0n) is 13.5. The molecule has 0 saturated heterocycles. The summed E-state index contributed by atoms with van der Waals surface area (Å²) in [4.78, 5) is 0. The molecule has 0 bridgehead atoms. The summed E-state index contributed by atoms with van der Waals surface area (Å²) in [6.45, 7) is 10.5. The van der Waals surface area contributed by atoms with Gasteiger partial charge < -0.3 is 4.42 Å². The highest BCUT2D eigenvalue weighted by Gasteiger charge is 2.09. The van der Waals surface area contributed by atoms with Gasteiger partial charge in [0.05, 0.1) is 0 Å². The first kappa shape index (κ1) is 14.6. The van der Waals surface area contributed by atoms with Crippen molar-refractivity contribution in [3.05, 3.63) is 59.7 Å². The molecule has 1 heterocycles. The third kappa shape index (κ3) is 2.85. The minimum Gasteiger partial charge on any atom is -0.456 e. The summed E-state index contributed by atoms with van der Waals surface area (Å²) in [6, 6.07) is 12.7. The van der Waals surface area contributed by atoms with Crippen molar-refractivity contribution in [3.63, 3.8) is 0 Å². The molecular formula is C21H22O. The summed E-state index contributed by atoms with van der Waals surface area (Å²) in [7, 11) is 0. The van der Waals surface area contributed by atoms with Crippen LogP contribution >= 0.6 is 0 Å². The maximum absolute atomic E-state index is 6.12. The molecular weight excluding hydrogens is 268 g/mol. The second-order valence-corrected chi connectivity index (χ2v) is 6.95. The summed E-state index contributed by atoms with van der Waals surface area (Å²) in [5.41, 5.74) is 2.13. The van der Waals surface area contributed by atoms with Gasteiger partial charge in [0, 0.05) is 10.6 Å². The van der Waals surface area contributed by atoms with Crippen LogP contribution in [0.4, 0.5) is 0 Å². The first-order valence-electron chi connectivity index (χ1n) is 7.72. The Kier molecular flexibility index (Phi) is 3.66. The van der Waals surface area contributed by atoms with Gasteiger partial charge in [-0.2, -0.15) is 0 Å². The molecule has 1 aromatic heterocycles. The van der Waals surface area contributed by atoms with Gasteiger partial charge in [-0.05, 0) is 40.8 Å². The Bertz CT molecular complexity index is 949. The Morgan fingerprint density at radius 1 is 1.09 bits per heavy atom. The molecule has 3 aromatic rings. The Morgan fingerprint density at radius 2 is 1.77 bits per heavy atom. The predicted molar refractivity (Wildman–Crippen MR) is 96.2 cm³/mol. The van der Waals surface area contributed by atoms with Gasteiger partial charge in [-0.25, -0.2) is 0 Å². The number of hydrogen-bond acceptors (Lipinski definition) is 1. The summed E-state index contributed by atoms with van der Waals surface area (Å²) in [6.07, 6.45) is 7.04. The van der Waals surface area contributed by atoms with Gasteiger partial charge in [0.2, 0.25) is 0 Å². The lowest BCUT2D eigenvalue weighted by Gasteiger charge is -2.13. The molecule has 2 aromatic carbocycles. The van der Waals surface area contributed by atoms with Crippen molar-refractivity contribution < 1.29 is 4.42 Å². The van der Waals surface area contributed by atoms with Crippen molar-refractivity contribution in [2.24, 2.45) is 5.41 Å². The van der Waals surface area contributed by atoms with E-state index in [9.17, 15) is 0 Å². The lowest BCUT2D eigenvalue weighted by atomic mass is 9.92. The van der Waals surface area contributed by atoms with Crippen LogP contribution in [0, 0.1) is 5.41 Å². The van der Waals surface area contributed by atoms with E-state index in [0.29, 0.717) is 0 Å². The normalized spacial score (nSPS) is 14.1. The standard InChI is InChI=1S/C21H22O/c1-5-8-17-18-13-15-9-6-7-10-16(15)14-20(18)22-19(17)11-12-21(2,3)4/h5-11,13-14H,1,12H2,2-4H3/b17-8-,19-11+. The summed E-state index contributed by atoms with van der Waals surface area (Å²) in [5.74, 6) is 0. The largest absolute Gasteiger partial charge is 0.456 e. The van der Waals surface area contributed by atoms with E-state index in [1.54, 1.807) is 0 Å². The molecule has 0 aliphatic rings. The molecule has 112 valence electrons. The van der Waals surface area contributed by atoms with Crippen LogP contribution in [0.2, 0.25) is 0 Å². The lowest BCUT2D eigenvalue weighted by molar-refractivity contribution is 0.428. The Balaban J connectivity index is 2.33. The van der Waals surface area contributed by atoms with Crippen molar-refractivity contribution in [2.45, 2.75) is 27.2 Å². The first-order valence-corrected chi connectivity index (χ1v) is 7.72. The predicted octanol–water partition coefficient (Wildman–Crippen LogP) is 4.77. The second-order valence-electron chi connectivity index (χ2n) is 6.95. The van der Waals surface area contributed by atoms with E-state index >= 15 is 0 Å². The summed E-state index contributed by atoms with van der Waals surface area (Å²) >= 11 is 0. The molecule has 0 aliphatic heterocycles. The SMILES string of the molecule is C=C/C=c1\c(=C/CC(C)(C)C)oc2cc3ccccc3cc12. The number of fused-ring (bicyclic) bond motifs is 2. The van der Waals surface area contributed by atoms with E-state index in [1.165, 1.54) is 10.8 Å². The Morgan fingerprint density at radius 3 is 2.41 bits per heavy atom. The molecule has 0 saturated carbocycles. The minimum atomic E-state index is 0.245. The number of rotatable bonds is 2. The van der Waals surface area contributed by atoms with Gasteiger partial charge in [0.1, 0.15) is 11.0 Å². The van der Waals surface area contributed by atoms with E-state index in [-0.39, 0.29) is 5.41 Å². The molecule has 3 rings (SSSR count). The highest BCUT2D eigenvalue weighted by Crippen LogP contribution is 2.21. The molecule has 0 N–H and O–H groups in total. The van der Waals surface area contributed by atoms with Crippen molar-refractivity contribution >= 4 is 33.9 Å². The van der Waals surface area contributed by atoms with Crippen LogP contribution in [0.5, 0.6) is 0 Å². The third-order valence-electron chi connectivity index (χ3n) is 3.81. The highest BCUT2D eigenvalue weighted by atomic mass is 16.3. The minimum absolute atomic E-state index is 0.245. The van der Waals surface area contributed by atoms with Gasteiger partial charge in [0.15, 0.2) is 0 Å². The van der Waals surface area contributed by atoms with E-state index in [1.807, 2.05) is 12.2 Å². The average Bonchev–Trinajstić information content (AvgIpc) is 2.80. The Hall–Kier alpha value is -2.28. The van der Waals surface area contributed by atoms with E-state index < -0.39 is 0 Å². The van der Waals surface area contributed by atoms with Crippen LogP contribution in [-0.2, 0) is 0 Å². The monoisotopic (exact) mass is 290 g/mol. The molecule has 0 aliphatic carbocycles. The third-order valence-corrected chi connectivity index (χ3v) is 3.81. The Labute approximate surface area is 131 Å². The van der Waals surface area contributed by atoms with Crippen LogP contribution < -0.4 is 10.6 Å². The van der Waals surface area contributed by atoms with Gasteiger partial charge in [-0.1, -0.05) is 63.8 Å². The maximum atomic E-state index is 6.12. The zero-order chi connectivity index (χ0) is 15.7. The smallest absolute Gasteiger partial charge is 0.136 e. The van der Waals surface area contributed by atoms with Crippen LogP contribution in [0.25, 0.3) is 33.9 Å². The van der Waals surface area contributed by atoms with E-state index in [0.717, 1.165) is 28.0 Å². The van der Waals surface area contributed by atoms with Crippen LogP contribution in [0.15, 0.2) is 53.5 Å². The number of benzene rings is 2. The lowest BCUT2D eigenvalue weighted by Crippen LogP contribution is -2.20. The topological polar surface area (TPSA) is 13.1 Å². The molecule has 1 nitrogen and oxygen atoms in total. The molecule has 0 unspecified atom stereocenters. The zero-order valence-corrected chi connectivity index (χ0v) is 13.5. The highest BCUT2D eigenvalue weighted by molar-refractivity contribution is 5.96. The van der Waals surface area contributed by atoms with Crippen LogP contribution in [-0.4, -0.2) is 0 Å². The van der Waals surface area contributed by atoms with Crippen molar-refractivity contribution in [1.29, 1.82) is 0 Å². The fraction of sp³-hybridized carbons (Fsp3) is 0.238. The molecule has 0 amide bonds. The van der Waals surface area contributed by atoms with Crippen molar-refractivity contribution in [3.8, 4) is 0 Å². The number of furan rings is 1. The van der Waals surface area contributed by atoms with Gasteiger partial charge in [-0.15, -0.1) is 0 Å². The quantitative estimate of drug-likeness (QED) is 0.662. The summed E-state index contributed by atoms with van der Waals surface area (Å²) in [5, 5.41) is 4.71. The number of allylic oxidation sites excluding steroid dienone is 1. The fourth-order valence-electron chi connectivity index (χ4n) is 2.66. The van der Waals surface area contributed by atoms with Crippen molar-refractivity contribution in [1.82, 2.24) is 0 Å².